The van der Waals surface area contributed by atoms with E-state index in [1.165, 1.54) is 4.90 Å². The summed E-state index contributed by atoms with van der Waals surface area (Å²) in [5, 5.41) is 35.0. The van der Waals surface area contributed by atoms with E-state index in [2.05, 4.69) is 10.3 Å². The number of aromatic nitrogens is 1. The van der Waals surface area contributed by atoms with Crippen LogP contribution in [0.1, 0.15) is 18.4 Å². The van der Waals surface area contributed by atoms with Crippen LogP contribution in [-0.2, 0) is 16.0 Å². The Morgan fingerprint density at radius 1 is 1.07 bits per heavy atom. The number of methoxy groups -OCH3 is 2. The van der Waals surface area contributed by atoms with E-state index in [1.54, 1.807) is 56.7 Å². The minimum absolute atomic E-state index is 0.0162. The minimum atomic E-state index is -1.27. The van der Waals surface area contributed by atoms with Crippen LogP contribution in [0.25, 0.3) is 11.1 Å². The van der Waals surface area contributed by atoms with Crippen molar-refractivity contribution in [1.29, 1.82) is 0 Å². The predicted molar refractivity (Wildman–Crippen MR) is 146 cm³/mol. The topological polar surface area (TPSA) is 187 Å². The first-order valence-electron chi connectivity index (χ1n) is 12.5. The van der Waals surface area contributed by atoms with Gasteiger partial charge in [-0.3, -0.25) is 14.9 Å². The van der Waals surface area contributed by atoms with Gasteiger partial charge < -0.3 is 34.9 Å². The number of benzene rings is 2. The van der Waals surface area contributed by atoms with E-state index in [4.69, 9.17) is 9.47 Å². The Labute approximate surface area is 233 Å². The van der Waals surface area contributed by atoms with Crippen LogP contribution in [0.4, 0.5) is 17.3 Å². The van der Waals surface area contributed by atoms with Crippen molar-refractivity contribution in [2.75, 3.05) is 25.7 Å². The average molecular weight is 566 g/mol. The molecule has 14 nitrogen and oxygen atoms in total. The highest BCUT2D eigenvalue weighted by molar-refractivity contribution is 5.89. The number of amides is 1. The molecule has 214 valence electrons. The van der Waals surface area contributed by atoms with Crippen molar-refractivity contribution in [3.8, 4) is 22.6 Å². The second-order valence-electron chi connectivity index (χ2n) is 9.25. The highest BCUT2D eigenvalue weighted by Gasteiger charge is 2.37. The van der Waals surface area contributed by atoms with Gasteiger partial charge >= 0.3 is 11.8 Å². The molecule has 2 heterocycles. The molecule has 1 saturated heterocycles. The Balaban J connectivity index is 1.52. The number of nitrogens with one attached hydrogen (secondary N) is 1. The Kier molecular flexibility index (Phi) is 8.60. The summed E-state index contributed by atoms with van der Waals surface area (Å²) in [7, 11) is 3.10. The van der Waals surface area contributed by atoms with Crippen LogP contribution in [0.15, 0.2) is 54.6 Å². The third kappa shape index (κ3) is 6.32. The summed E-state index contributed by atoms with van der Waals surface area (Å²) in [5.74, 6) is -1.48. The quantitative estimate of drug-likeness (QED) is 0.256. The standard InChI is InChI=1S/C27H27N5O9/c1-40-21-6-3-7-22(41-2)25(21)17-10-8-16(9-11-17)13-19(27(34)35)28-26(33)20-5-4-12-30(20)23-14-18(31(36)37)15-24(29-23)32(38)39/h3,6-11,14-15,19-20H,4-5,12-13H2,1-2H3,(H,28,33)(H,34,35)/t19-,20-/m0/s1. The molecule has 0 bridgehead atoms. The van der Waals surface area contributed by atoms with Crippen LogP contribution >= 0.6 is 0 Å². The number of rotatable bonds is 11. The molecule has 1 fully saturated rings. The highest BCUT2D eigenvalue weighted by Crippen LogP contribution is 2.38. The molecule has 2 atom stereocenters. The van der Waals surface area contributed by atoms with Crippen molar-refractivity contribution >= 4 is 29.2 Å². The maximum Gasteiger partial charge on any atom is 0.372 e. The van der Waals surface area contributed by atoms with Crippen LogP contribution in [0.2, 0.25) is 0 Å². The summed E-state index contributed by atoms with van der Waals surface area (Å²) in [6.07, 6.45) is 0.797. The third-order valence-corrected chi connectivity index (χ3v) is 6.76. The number of ether oxygens (including phenoxy) is 2. The maximum absolute atomic E-state index is 13.2. The molecule has 41 heavy (non-hydrogen) atoms. The van der Waals surface area contributed by atoms with Crippen LogP contribution in [-0.4, -0.2) is 64.7 Å². The molecule has 2 N–H and O–H groups in total. The fourth-order valence-electron chi connectivity index (χ4n) is 4.79. The van der Waals surface area contributed by atoms with Gasteiger partial charge in [0.05, 0.1) is 30.8 Å². The van der Waals surface area contributed by atoms with Crippen LogP contribution in [0, 0.1) is 20.2 Å². The molecule has 2 aromatic carbocycles. The van der Waals surface area contributed by atoms with Crippen LogP contribution in [0.5, 0.6) is 11.5 Å². The van der Waals surface area contributed by atoms with E-state index >= 15 is 0 Å². The van der Waals surface area contributed by atoms with Crippen LogP contribution < -0.4 is 19.7 Å². The molecule has 0 spiro atoms. The normalized spacial score (nSPS) is 15.2. The van der Waals surface area contributed by atoms with Gasteiger partial charge in [-0.25, -0.2) is 4.79 Å². The molecule has 0 unspecified atom stereocenters. The van der Waals surface area contributed by atoms with Gasteiger partial charge in [0.2, 0.25) is 5.91 Å². The SMILES string of the molecule is COc1cccc(OC)c1-c1ccc(C[C@H](NC(=O)[C@@H]2CCCN2c2cc([N+](=O)[O-])cc([N+](=O)[O-])n2)C(=O)O)cc1. The molecule has 3 aromatic rings. The molecule has 0 saturated carbocycles. The monoisotopic (exact) mass is 565 g/mol. The molecular weight excluding hydrogens is 538 g/mol. The van der Waals surface area contributed by atoms with Crippen molar-refractivity contribution in [2.45, 2.75) is 31.3 Å². The van der Waals surface area contributed by atoms with Gasteiger partial charge in [0.15, 0.2) is 0 Å². The van der Waals surface area contributed by atoms with Gasteiger partial charge in [-0.1, -0.05) is 30.3 Å². The summed E-state index contributed by atoms with van der Waals surface area (Å²) >= 11 is 0. The lowest BCUT2D eigenvalue weighted by atomic mass is 9.99. The number of nitro groups is 2. The second-order valence-corrected chi connectivity index (χ2v) is 9.25. The number of hydrogen-bond donors (Lipinski definition) is 2. The van der Waals surface area contributed by atoms with Gasteiger partial charge in [0.1, 0.15) is 29.6 Å². The number of carboxylic acid groups (broad SMARTS) is 1. The molecule has 0 radical (unpaired) electrons. The molecule has 0 aliphatic carbocycles. The lowest BCUT2D eigenvalue weighted by Crippen LogP contribution is -2.50. The first-order valence-corrected chi connectivity index (χ1v) is 12.5. The number of aliphatic carboxylic acids is 1. The Morgan fingerprint density at radius 2 is 1.73 bits per heavy atom. The zero-order chi connectivity index (χ0) is 29.7. The van der Waals surface area contributed by atoms with Gasteiger partial charge in [0.25, 0.3) is 11.5 Å². The lowest BCUT2D eigenvalue weighted by molar-refractivity contribution is -0.397. The van der Waals surface area contributed by atoms with E-state index in [1.807, 2.05) is 0 Å². The summed E-state index contributed by atoms with van der Waals surface area (Å²) in [5.41, 5.74) is 1.64. The second kappa shape index (κ2) is 12.3. The zero-order valence-electron chi connectivity index (χ0n) is 22.2. The molecule has 14 heteroatoms. The van der Waals surface area contributed by atoms with E-state index in [-0.39, 0.29) is 18.8 Å². The van der Waals surface area contributed by atoms with Gasteiger partial charge in [-0.2, -0.15) is 0 Å². The summed E-state index contributed by atoms with van der Waals surface area (Å²) in [6.45, 7) is 0.259. The lowest BCUT2D eigenvalue weighted by Gasteiger charge is -2.24. The fraction of sp³-hybridized carbons (Fsp3) is 0.296. The summed E-state index contributed by atoms with van der Waals surface area (Å²) in [6, 6.07) is 12.1. The molecule has 1 amide bonds. The van der Waals surface area contributed by atoms with Crippen molar-refractivity contribution < 1.29 is 34.0 Å². The smallest absolute Gasteiger partial charge is 0.372 e. The van der Waals surface area contributed by atoms with E-state index in [0.717, 1.165) is 23.3 Å². The Hall–Kier alpha value is -5.27. The first kappa shape index (κ1) is 28.7. The Morgan fingerprint density at radius 3 is 2.29 bits per heavy atom. The number of hydrogen-bond acceptors (Lipinski definition) is 10. The van der Waals surface area contributed by atoms with Crippen LogP contribution in [0.3, 0.4) is 0 Å². The van der Waals surface area contributed by atoms with Gasteiger partial charge in [-0.15, -0.1) is 0 Å². The largest absolute Gasteiger partial charge is 0.496 e. The maximum atomic E-state index is 13.2. The Bertz CT molecular complexity index is 1420. The molecule has 1 aromatic heterocycles. The predicted octanol–water partition coefficient (Wildman–Crippen LogP) is 3.36. The molecule has 4 rings (SSSR count). The number of carbonyl (C=O) groups is 2. The highest BCUT2D eigenvalue weighted by atomic mass is 16.6. The minimum Gasteiger partial charge on any atom is -0.496 e. The summed E-state index contributed by atoms with van der Waals surface area (Å²) in [4.78, 5) is 51.5. The number of pyridine rings is 1. The van der Waals surface area contributed by atoms with E-state index < -0.39 is 45.3 Å². The first-order chi connectivity index (χ1) is 19.6. The van der Waals surface area contributed by atoms with Crippen molar-refractivity contribution in [3.05, 3.63) is 80.4 Å². The molecule has 1 aliphatic heterocycles. The number of carbonyl (C=O) groups excluding carboxylic acids is 1. The average Bonchev–Trinajstić information content (AvgIpc) is 3.47. The number of carboxylic acids is 1. The van der Waals surface area contributed by atoms with Gasteiger partial charge in [-0.05, 0) is 46.0 Å². The summed E-state index contributed by atoms with van der Waals surface area (Å²) < 4.78 is 10.9. The third-order valence-electron chi connectivity index (χ3n) is 6.76. The number of nitrogens with zero attached hydrogens (tertiary/aromatic N) is 4. The van der Waals surface area contributed by atoms with E-state index in [9.17, 15) is 34.9 Å². The zero-order valence-corrected chi connectivity index (χ0v) is 22.2. The van der Waals surface area contributed by atoms with E-state index in [0.29, 0.717) is 29.9 Å². The van der Waals surface area contributed by atoms with Crippen molar-refractivity contribution in [2.24, 2.45) is 0 Å². The molecular formula is C27H27N5O9. The van der Waals surface area contributed by atoms with Crippen molar-refractivity contribution in [1.82, 2.24) is 10.3 Å². The number of anilines is 1. The fourth-order valence-corrected chi connectivity index (χ4v) is 4.79. The van der Waals surface area contributed by atoms with Crippen molar-refractivity contribution in [3.63, 3.8) is 0 Å². The molecule has 1 aliphatic rings. The van der Waals surface area contributed by atoms with Gasteiger partial charge in [0, 0.05) is 13.0 Å².